The molecule has 0 saturated carbocycles. The van der Waals surface area contributed by atoms with Gasteiger partial charge in [-0.05, 0) is 45.0 Å². The Morgan fingerprint density at radius 3 is 2.82 bits per heavy atom. The highest BCUT2D eigenvalue weighted by atomic mass is 15.1. The second kappa shape index (κ2) is 6.72. The largest absolute Gasteiger partial charge is 0.307 e. The van der Waals surface area contributed by atoms with Crippen molar-refractivity contribution in [2.75, 3.05) is 19.6 Å². The Hall–Kier alpha value is -0.930. The summed E-state index contributed by atoms with van der Waals surface area (Å²) in [6.45, 7) is 6.84. The van der Waals surface area contributed by atoms with Gasteiger partial charge in [0.1, 0.15) is 0 Å². The monoisotopic (exact) mass is 233 g/mol. The van der Waals surface area contributed by atoms with Gasteiger partial charge in [-0.15, -0.1) is 0 Å². The smallest absolute Gasteiger partial charge is 0.0541 e. The van der Waals surface area contributed by atoms with Gasteiger partial charge >= 0.3 is 0 Å². The first-order valence-corrected chi connectivity index (χ1v) is 6.70. The van der Waals surface area contributed by atoms with Crippen LogP contribution in [-0.4, -0.2) is 35.6 Å². The van der Waals surface area contributed by atoms with Crippen molar-refractivity contribution in [3.05, 3.63) is 30.1 Å². The number of hydrogen-bond donors (Lipinski definition) is 1. The fourth-order valence-corrected chi connectivity index (χ4v) is 2.38. The average molecular weight is 233 g/mol. The molecule has 1 aliphatic heterocycles. The van der Waals surface area contributed by atoms with Crippen LogP contribution in [-0.2, 0) is 6.54 Å². The summed E-state index contributed by atoms with van der Waals surface area (Å²) in [5.41, 5.74) is 1.12. The first kappa shape index (κ1) is 12.5. The number of likely N-dealkylation sites (tertiary alicyclic amines) is 1. The summed E-state index contributed by atoms with van der Waals surface area (Å²) >= 11 is 0. The van der Waals surface area contributed by atoms with Crippen LogP contribution in [0.4, 0.5) is 0 Å². The normalized spacial score (nSPS) is 19.1. The molecule has 1 aliphatic rings. The van der Waals surface area contributed by atoms with Crippen molar-refractivity contribution >= 4 is 0 Å². The molecule has 2 heterocycles. The molecule has 2 rings (SSSR count). The number of pyridine rings is 1. The second-order valence-electron chi connectivity index (χ2n) is 4.96. The Bertz CT molecular complexity index is 307. The quantitative estimate of drug-likeness (QED) is 0.843. The van der Waals surface area contributed by atoms with Crippen LogP contribution in [0.2, 0.25) is 0 Å². The number of nitrogens with one attached hydrogen (secondary N) is 1. The van der Waals surface area contributed by atoms with Crippen LogP contribution >= 0.6 is 0 Å². The van der Waals surface area contributed by atoms with E-state index >= 15 is 0 Å². The average Bonchev–Trinajstić information content (AvgIpc) is 2.39. The Morgan fingerprint density at radius 2 is 2.12 bits per heavy atom. The minimum absolute atomic E-state index is 0.537. The van der Waals surface area contributed by atoms with Crippen LogP contribution in [0.15, 0.2) is 24.4 Å². The van der Waals surface area contributed by atoms with E-state index in [9.17, 15) is 0 Å². The van der Waals surface area contributed by atoms with Crippen LogP contribution in [0.25, 0.3) is 0 Å². The van der Waals surface area contributed by atoms with Crippen LogP contribution in [0.5, 0.6) is 0 Å². The highest BCUT2D eigenvalue weighted by Gasteiger charge is 2.12. The molecular weight excluding hydrogens is 210 g/mol. The summed E-state index contributed by atoms with van der Waals surface area (Å²) in [4.78, 5) is 6.89. The molecule has 0 radical (unpaired) electrons. The molecule has 1 saturated heterocycles. The first-order valence-electron chi connectivity index (χ1n) is 6.70. The number of rotatable bonds is 5. The molecular formula is C14H23N3. The molecule has 0 spiro atoms. The third-order valence-corrected chi connectivity index (χ3v) is 3.34. The molecule has 0 bridgehead atoms. The molecule has 1 unspecified atom stereocenters. The van der Waals surface area contributed by atoms with E-state index in [1.807, 2.05) is 18.3 Å². The van der Waals surface area contributed by atoms with E-state index in [1.165, 1.54) is 32.4 Å². The van der Waals surface area contributed by atoms with Gasteiger partial charge in [0.15, 0.2) is 0 Å². The standard InChI is InChI=1S/C14H23N3/c1-13(12-17-9-5-2-6-10-17)16-11-14-7-3-4-8-15-14/h3-4,7-8,13,16H,2,5-6,9-12H2,1H3. The maximum absolute atomic E-state index is 4.32. The van der Waals surface area contributed by atoms with Crippen molar-refractivity contribution in [2.24, 2.45) is 0 Å². The number of hydrogen-bond acceptors (Lipinski definition) is 3. The second-order valence-corrected chi connectivity index (χ2v) is 4.96. The maximum atomic E-state index is 4.32. The van der Waals surface area contributed by atoms with Crippen molar-refractivity contribution in [3.63, 3.8) is 0 Å². The zero-order valence-corrected chi connectivity index (χ0v) is 10.7. The Kier molecular flexibility index (Phi) is 4.95. The van der Waals surface area contributed by atoms with Gasteiger partial charge < -0.3 is 10.2 Å². The van der Waals surface area contributed by atoms with E-state index in [-0.39, 0.29) is 0 Å². The summed E-state index contributed by atoms with van der Waals surface area (Å²) in [5.74, 6) is 0. The molecule has 1 aromatic heterocycles. The molecule has 0 aliphatic carbocycles. The van der Waals surface area contributed by atoms with Crippen LogP contribution in [0, 0.1) is 0 Å². The summed E-state index contributed by atoms with van der Waals surface area (Å²) in [6, 6.07) is 6.61. The number of nitrogens with zero attached hydrogens (tertiary/aromatic N) is 2. The van der Waals surface area contributed by atoms with E-state index < -0.39 is 0 Å². The molecule has 94 valence electrons. The third-order valence-electron chi connectivity index (χ3n) is 3.34. The lowest BCUT2D eigenvalue weighted by Crippen LogP contribution is -2.41. The molecule has 1 N–H and O–H groups in total. The first-order chi connectivity index (χ1) is 8.34. The van der Waals surface area contributed by atoms with E-state index in [1.54, 1.807) is 0 Å². The minimum atomic E-state index is 0.537. The summed E-state index contributed by atoms with van der Waals surface area (Å²) in [6.07, 6.45) is 6.00. The van der Waals surface area contributed by atoms with Gasteiger partial charge in [0.05, 0.1) is 5.69 Å². The van der Waals surface area contributed by atoms with Gasteiger partial charge in [-0.3, -0.25) is 4.98 Å². The van der Waals surface area contributed by atoms with Crippen LogP contribution < -0.4 is 5.32 Å². The fourth-order valence-electron chi connectivity index (χ4n) is 2.38. The van der Waals surface area contributed by atoms with E-state index in [4.69, 9.17) is 0 Å². The molecule has 3 nitrogen and oxygen atoms in total. The lowest BCUT2D eigenvalue weighted by molar-refractivity contribution is 0.208. The summed E-state index contributed by atoms with van der Waals surface area (Å²) in [5, 5.41) is 3.54. The van der Waals surface area contributed by atoms with Gasteiger partial charge in [-0.2, -0.15) is 0 Å². The SMILES string of the molecule is CC(CN1CCCCC1)NCc1ccccn1. The highest BCUT2D eigenvalue weighted by Crippen LogP contribution is 2.08. The summed E-state index contributed by atoms with van der Waals surface area (Å²) < 4.78 is 0. The summed E-state index contributed by atoms with van der Waals surface area (Å²) in [7, 11) is 0. The van der Waals surface area contributed by atoms with Gasteiger partial charge in [-0.1, -0.05) is 12.5 Å². The van der Waals surface area contributed by atoms with Crippen molar-refractivity contribution in [1.82, 2.24) is 15.2 Å². The lowest BCUT2D eigenvalue weighted by atomic mass is 10.1. The Labute approximate surface area is 104 Å². The van der Waals surface area contributed by atoms with E-state index in [2.05, 4.69) is 28.2 Å². The predicted molar refractivity (Wildman–Crippen MR) is 70.8 cm³/mol. The molecule has 17 heavy (non-hydrogen) atoms. The zero-order chi connectivity index (χ0) is 11.9. The molecule has 1 aromatic rings. The van der Waals surface area contributed by atoms with Crippen LogP contribution in [0.3, 0.4) is 0 Å². The third kappa shape index (κ3) is 4.44. The van der Waals surface area contributed by atoms with Crippen molar-refractivity contribution < 1.29 is 0 Å². The Balaban J connectivity index is 1.68. The van der Waals surface area contributed by atoms with Gasteiger partial charge in [0, 0.05) is 25.3 Å². The van der Waals surface area contributed by atoms with Gasteiger partial charge in [0.2, 0.25) is 0 Å². The minimum Gasteiger partial charge on any atom is -0.307 e. The van der Waals surface area contributed by atoms with Crippen LogP contribution in [0.1, 0.15) is 31.9 Å². The molecule has 1 atom stereocenters. The maximum Gasteiger partial charge on any atom is 0.0541 e. The molecule has 0 aromatic carbocycles. The molecule has 1 fully saturated rings. The van der Waals surface area contributed by atoms with E-state index in [0.29, 0.717) is 6.04 Å². The van der Waals surface area contributed by atoms with Gasteiger partial charge in [0.25, 0.3) is 0 Å². The Morgan fingerprint density at radius 1 is 1.29 bits per heavy atom. The fraction of sp³-hybridized carbons (Fsp3) is 0.643. The van der Waals surface area contributed by atoms with Crippen molar-refractivity contribution in [1.29, 1.82) is 0 Å². The van der Waals surface area contributed by atoms with Crippen molar-refractivity contribution in [2.45, 2.75) is 38.8 Å². The molecule has 3 heteroatoms. The van der Waals surface area contributed by atoms with E-state index in [0.717, 1.165) is 18.8 Å². The lowest BCUT2D eigenvalue weighted by Gasteiger charge is -2.29. The topological polar surface area (TPSA) is 28.2 Å². The predicted octanol–water partition coefficient (Wildman–Crippen LogP) is 2.05. The zero-order valence-electron chi connectivity index (χ0n) is 10.7. The highest BCUT2D eigenvalue weighted by molar-refractivity contribution is 5.03. The number of aromatic nitrogens is 1. The van der Waals surface area contributed by atoms with Crippen molar-refractivity contribution in [3.8, 4) is 0 Å². The van der Waals surface area contributed by atoms with Gasteiger partial charge in [-0.25, -0.2) is 0 Å². The molecule has 0 amide bonds. The number of piperidine rings is 1.